The molecule has 2 fully saturated rings. The number of alkyl halides is 1. The summed E-state index contributed by atoms with van der Waals surface area (Å²) in [7, 11) is 0. The van der Waals surface area contributed by atoms with Crippen molar-refractivity contribution in [2.24, 2.45) is 5.92 Å². The van der Waals surface area contributed by atoms with E-state index in [9.17, 15) is 14.4 Å². The zero-order valence-corrected chi connectivity index (χ0v) is 18.3. The highest BCUT2D eigenvalue weighted by Gasteiger charge is 2.35. The van der Waals surface area contributed by atoms with Crippen molar-refractivity contribution >= 4 is 39.3 Å². The average molecular weight is 465 g/mol. The molecule has 2 aliphatic rings. The Hall–Kier alpha value is -1.93. The number of benzene rings is 1. The van der Waals surface area contributed by atoms with Gasteiger partial charge in [0.25, 0.3) is 0 Å². The van der Waals surface area contributed by atoms with Gasteiger partial charge in [-0.15, -0.1) is 0 Å². The Labute approximate surface area is 180 Å². The Morgan fingerprint density at radius 3 is 2.52 bits per heavy atom. The summed E-state index contributed by atoms with van der Waals surface area (Å²) in [6.07, 6.45) is 1.73. The molecule has 158 valence electrons. The first-order valence-corrected chi connectivity index (χ1v) is 11.4. The van der Waals surface area contributed by atoms with Crippen LogP contribution in [0.5, 0.6) is 0 Å². The van der Waals surface area contributed by atoms with Crippen LogP contribution in [0.15, 0.2) is 30.3 Å². The molecule has 2 heterocycles. The van der Waals surface area contributed by atoms with Crippen LogP contribution < -0.4 is 10.2 Å². The number of para-hydroxylation sites is 1. The summed E-state index contributed by atoms with van der Waals surface area (Å²) >= 11 is 3.36. The van der Waals surface area contributed by atoms with Crippen molar-refractivity contribution in [2.45, 2.75) is 19.3 Å². The Balaban J connectivity index is 1.36. The zero-order chi connectivity index (χ0) is 20.6. The zero-order valence-electron chi connectivity index (χ0n) is 16.7. The number of piperazine rings is 1. The average Bonchev–Trinajstić information content (AvgIpc) is 3.15. The van der Waals surface area contributed by atoms with Gasteiger partial charge in [-0.05, 0) is 18.6 Å². The first-order chi connectivity index (χ1) is 14.1. The molecule has 0 aliphatic carbocycles. The lowest BCUT2D eigenvalue weighted by molar-refractivity contribution is -0.132. The van der Waals surface area contributed by atoms with Gasteiger partial charge in [-0.1, -0.05) is 34.1 Å². The van der Waals surface area contributed by atoms with E-state index in [1.165, 1.54) is 0 Å². The minimum absolute atomic E-state index is 0.00273. The van der Waals surface area contributed by atoms with Crippen molar-refractivity contribution in [1.82, 2.24) is 15.1 Å². The molecule has 1 aromatic rings. The summed E-state index contributed by atoms with van der Waals surface area (Å²) < 4.78 is 0. The van der Waals surface area contributed by atoms with Crippen LogP contribution in [0.25, 0.3) is 0 Å². The van der Waals surface area contributed by atoms with Gasteiger partial charge in [0, 0.05) is 69.7 Å². The van der Waals surface area contributed by atoms with Crippen molar-refractivity contribution in [3.63, 3.8) is 0 Å². The third-order valence-corrected chi connectivity index (χ3v) is 6.10. The van der Waals surface area contributed by atoms with E-state index in [0.29, 0.717) is 19.5 Å². The number of hydrogen-bond acceptors (Lipinski definition) is 4. The van der Waals surface area contributed by atoms with E-state index in [-0.39, 0.29) is 30.1 Å². The van der Waals surface area contributed by atoms with Crippen LogP contribution in [0.2, 0.25) is 0 Å². The standard InChI is InChI=1S/C21H29BrN4O3/c22-8-4-7-19(27)25-13-11-24(12-14-25)10-9-23-21(29)17-15-20(28)26(16-17)18-5-2-1-3-6-18/h1-3,5-6,17H,4,7-16H2,(H,23,29). The second-order valence-corrected chi connectivity index (χ2v) is 8.34. The number of anilines is 1. The maximum atomic E-state index is 12.5. The molecule has 2 aliphatic heterocycles. The van der Waals surface area contributed by atoms with Gasteiger partial charge in [0.05, 0.1) is 5.92 Å². The fraction of sp³-hybridized carbons (Fsp3) is 0.571. The Morgan fingerprint density at radius 2 is 1.83 bits per heavy atom. The summed E-state index contributed by atoms with van der Waals surface area (Å²) in [4.78, 5) is 42.7. The molecule has 0 radical (unpaired) electrons. The minimum Gasteiger partial charge on any atom is -0.355 e. The number of rotatable bonds is 8. The van der Waals surface area contributed by atoms with E-state index in [0.717, 1.165) is 50.2 Å². The number of amides is 3. The lowest BCUT2D eigenvalue weighted by Crippen LogP contribution is -2.50. The number of carbonyl (C=O) groups is 3. The van der Waals surface area contributed by atoms with Gasteiger partial charge < -0.3 is 15.1 Å². The Morgan fingerprint density at radius 1 is 1.10 bits per heavy atom. The molecule has 29 heavy (non-hydrogen) atoms. The second-order valence-electron chi connectivity index (χ2n) is 7.55. The fourth-order valence-electron chi connectivity index (χ4n) is 3.82. The first-order valence-electron chi connectivity index (χ1n) is 10.3. The lowest BCUT2D eigenvalue weighted by Gasteiger charge is -2.34. The highest BCUT2D eigenvalue weighted by atomic mass is 79.9. The Bertz CT molecular complexity index is 707. The topological polar surface area (TPSA) is 73.0 Å². The monoisotopic (exact) mass is 464 g/mol. The molecule has 1 atom stereocenters. The molecule has 0 aromatic heterocycles. The predicted octanol–water partition coefficient (Wildman–Crippen LogP) is 1.48. The maximum absolute atomic E-state index is 12.5. The van der Waals surface area contributed by atoms with Crippen LogP contribution in [-0.4, -0.2) is 78.7 Å². The Kier molecular flexibility index (Phi) is 8.06. The fourth-order valence-corrected chi connectivity index (χ4v) is 4.10. The van der Waals surface area contributed by atoms with Crippen molar-refractivity contribution < 1.29 is 14.4 Å². The van der Waals surface area contributed by atoms with E-state index in [4.69, 9.17) is 0 Å². The summed E-state index contributed by atoms with van der Waals surface area (Å²) in [5.41, 5.74) is 0.844. The SMILES string of the molecule is O=C(NCCN1CCN(C(=O)CCCBr)CC1)C1CC(=O)N(c2ccccc2)C1. The molecule has 0 bridgehead atoms. The molecular weight excluding hydrogens is 436 g/mol. The van der Waals surface area contributed by atoms with Gasteiger partial charge in [0.1, 0.15) is 0 Å². The van der Waals surface area contributed by atoms with Gasteiger partial charge >= 0.3 is 0 Å². The number of nitrogens with one attached hydrogen (secondary N) is 1. The highest BCUT2D eigenvalue weighted by molar-refractivity contribution is 9.09. The molecule has 1 N–H and O–H groups in total. The minimum atomic E-state index is -0.299. The van der Waals surface area contributed by atoms with Gasteiger partial charge in [-0.3, -0.25) is 19.3 Å². The van der Waals surface area contributed by atoms with Crippen molar-refractivity contribution in [2.75, 3.05) is 56.0 Å². The molecule has 0 saturated carbocycles. The molecule has 1 unspecified atom stereocenters. The van der Waals surface area contributed by atoms with Crippen LogP contribution in [0.4, 0.5) is 5.69 Å². The molecule has 7 nitrogen and oxygen atoms in total. The number of halogens is 1. The van der Waals surface area contributed by atoms with Gasteiger partial charge in [-0.2, -0.15) is 0 Å². The summed E-state index contributed by atoms with van der Waals surface area (Å²) in [6, 6.07) is 9.48. The van der Waals surface area contributed by atoms with Crippen molar-refractivity contribution in [1.29, 1.82) is 0 Å². The van der Waals surface area contributed by atoms with Crippen LogP contribution in [0, 0.1) is 5.92 Å². The van der Waals surface area contributed by atoms with Gasteiger partial charge in [-0.25, -0.2) is 0 Å². The van der Waals surface area contributed by atoms with Crippen LogP contribution in [0.3, 0.4) is 0 Å². The number of carbonyl (C=O) groups excluding carboxylic acids is 3. The van der Waals surface area contributed by atoms with E-state index in [1.54, 1.807) is 4.90 Å². The van der Waals surface area contributed by atoms with Gasteiger partial charge in [0.15, 0.2) is 0 Å². The van der Waals surface area contributed by atoms with Crippen LogP contribution in [0.1, 0.15) is 19.3 Å². The van der Waals surface area contributed by atoms with Crippen molar-refractivity contribution in [3.8, 4) is 0 Å². The third kappa shape index (κ3) is 6.02. The quantitative estimate of drug-likeness (QED) is 0.591. The summed E-state index contributed by atoms with van der Waals surface area (Å²) in [5.74, 6) is -0.129. The van der Waals surface area contributed by atoms with E-state index < -0.39 is 0 Å². The molecule has 0 spiro atoms. The number of nitrogens with zero attached hydrogens (tertiary/aromatic N) is 3. The van der Waals surface area contributed by atoms with E-state index >= 15 is 0 Å². The molecule has 1 aromatic carbocycles. The van der Waals surface area contributed by atoms with Crippen LogP contribution in [-0.2, 0) is 14.4 Å². The summed E-state index contributed by atoms with van der Waals surface area (Å²) in [5, 5.41) is 3.84. The molecular formula is C21H29BrN4O3. The smallest absolute Gasteiger partial charge is 0.227 e. The summed E-state index contributed by atoms with van der Waals surface area (Å²) in [6.45, 7) is 4.92. The number of hydrogen-bond donors (Lipinski definition) is 1. The molecule has 2 saturated heterocycles. The lowest BCUT2D eigenvalue weighted by atomic mass is 10.1. The van der Waals surface area contributed by atoms with Crippen molar-refractivity contribution in [3.05, 3.63) is 30.3 Å². The molecule has 3 rings (SSSR count). The van der Waals surface area contributed by atoms with Gasteiger partial charge in [0.2, 0.25) is 17.7 Å². The highest BCUT2D eigenvalue weighted by Crippen LogP contribution is 2.24. The van der Waals surface area contributed by atoms with Crippen LogP contribution >= 0.6 is 15.9 Å². The third-order valence-electron chi connectivity index (χ3n) is 5.54. The predicted molar refractivity (Wildman–Crippen MR) is 116 cm³/mol. The molecule has 8 heteroatoms. The largest absolute Gasteiger partial charge is 0.355 e. The van der Waals surface area contributed by atoms with E-state index in [1.807, 2.05) is 35.2 Å². The maximum Gasteiger partial charge on any atom is 0.227 e. The second kappa shape index (κ2) is 10.7. The van der Waals surface area contributed by atoms with E-state index in [2.05, 4.69) is 26.1 Å². The first kappa shape index (κ1) is 21.8. The molecule has 3 amide bonds. The normalized spacial score (nSPS) is 20.2.